The number of rotatable bonds is 4. The lowest BCUT2D eigenvalue weighted by Crippen LogP contribution is -2.38. The molecule has 0 bridgehead atoms. The van der Waals surface area contributed by atoms with Gasteiger partial charge in [0.1, 0.15) is 12.4 Å². The van der Waals surface area contributed by atoms with Gasteiger partial charge < -0.3 is 28.8 Å². The Morgan fingerprint density at radius 3 is 2.41 bits per heavy atom. The van der Waals surface area contributed by atoms with Crippen LogP contribution in [0, 0.1) is 0 Å². The summed E-state index contributed by atoms with van der Waals surface area (Å²) < 4.78 is 19.8. The number of methoxy groups -OCH3 is 3. The van der Waals surface area contributed by atoms with Crippen molar-refractivity contribution < 1.29 is 33.3 Å². The molecule has 0 unspecified atom stereocenters. The Hall–Kier alpha value is -3.33. The molecule has 0 aliphatic carbocycles. The predicted molar refractivity (Wildman–Crippen MR) is 94.0 cm³/mol. The van der Waals surface area contributed by atoms with Gasteiger partial charge in [-0.2, -0.15) is 0 Å². The van der Waals surface area contributed by atoms with Gasteiger partial charge in [-0.15, -0.1) is 0 Å². The van der Waals surface area contributed by atoms with Crippen LogP contribution in [-0.4, -0.2) is 57.6 Å². The number of nitrogens with zero attached hydrogens (tertiary/aromatic N) is 1. The van der Waals surface area contributed by atoms with E-state index in [1.807, 2.05) is 0 Å². The number of esters is 3. The van der Waals surface area contributed by atoms with Crippen molar-refractivity contribution in [1.82, 2.24) is 4.98 Å². The van der Waals surface area contributed by atoms with Gasteiger partial charge in [-0.25, -0.2) is 14.4 Å². The van der Waals surface area contributed by atoms with Gasteiger partial charge in [-0.05, 0) is 18.2 Å². The van der Waals surface area contributed by atoms with E-state index >= 15 is 0 Å². The third kappa shape index (κ3) is 3.24. The van der Waals surface area contributed by atoms with Crippen molar-refractivity contribution in [2.45, 2.75) is 0 Å². The Morgan fingerprint density at radius 2 is 1.74 bits per heavy atom. The van der Waals surface area contributed by atoms with Crippen LogP contribution in [0.25, 0.3) is 10.9 Å². The highest BCUT2D eigenvalue weighted by atomic mass is 16.5. The average Bonchev–Trinajstić information content (AvgIpc) is 3.14. The van der Waals surface area contributed by atoms with Crippen LogP contribution in [0.3, 0.4) is 0 Å². The highest BCUT2D eigenvalue weighted by Gasteiger charge is 2.32. The molecular weight excluding hydrogens is 356 g/mol. The largest absolute Gasteiger partial charge is 0.466 e. The van der Waals surface area contributed by atoms with Crippen LogP contribution in [0.15, 0.2) is 35.7 Å². The second-order valence-electron chi connectivity index (χ2n) is 5.64. The SMILES string of the molecule is COC(=O)C1=C(C(=O)OC)N(c2ccc3c(C(=O)OC)c[nH]c3c2)COC1. The van der Waals surface area contributed by atoms with Crippen molar-refractivity contribution in [3.63, 3.8) is 0 Å². The van der Waals surface area contributed by atoms with Crippen molar-refractivity contribution in [1.29, 1.82) is 0 Å². The van der Waals surface area contributed by atoms with Crippen LogP contribution in [-0.2, 0) is 28.5 Å². The molecule has 2 heterocycles. The number of carbonyl (C=O) groups is 3. The summed E-state index contributed by atoms with van der Waals surface area (Å²) in [5.41, 5.74) is 1.74. The third-order valence-corrected chi connectivity index (χ3v) is 4.22. The van der Waals surface area contributed by atoms with Crippen LogP contribution in [0.1, 0.15) is 10.4 Å². The standard InChI is InChI=1S/C18H18N2O7/c1-24-16(21)12-7-19-14-6-10(4-5-11(12)14)20-9-27-8-13(17(22)25-2)15(20)18(23)26-3/h4-7,19H,8-9H2,1-3H3. The number of hydrogen-bond donors (Lipinski definition) is 1. The summed E-state index contributed by atoms with van der Waals surface area (Å²) in [6, 6.07) is 5.15. The minimum atomic E-state index is -0.680. The number of nitrogens with one attached hydrogen (secondary N) is 1. The number of hydrogen-bond acceptors (Lipinski definition) is 8. The first-order valence-corrected chi connectivity index (χ1v) is 7.96. The number of benzene rings is 1. The molecule has 1 aromatic carbocycles. The Kier molecular flexibility index (Phi) is 5.13. The summed E-state index contributed by atoms with van der Waals surface area (Å²) >= 11 is 0. The van der Waals surface area contributed by atoms with E-state index < -0.39 is 17.9 Å². The summed E-state index contributed by atoms with van der Waals surface area (Å²) in [7, 11) is 3.76. The molecule has 0 saturated heterocycles. The monoisotopic (exact) mass is 374 g/mol. The molecule has 0 spiro atoms. The van der Waals surface area contributed by atoms with Gasteiger partial charge in [0.05, 0.1) is 39.1 Å². The molecule has 2 aromatic rings. The first-order chi connectivity index (χ1) is 13.0. The van der Waals surface area contributed by atoms with E-state index in [2.05, 4.69) is 4.98 Å². The quantitative estimate of drug-likeness (QED) is 0.631. The Bertz CT molecular complexity index is 944. The predicted octanol–water partition coefficient (Wildman–Crippen LogP) is 1.35. The fraction of sp³-hybridized carbons (Fsp3) is 0.278. The molecule has 27 heavy (non-hydrogen) atoms. The van der Waals surface area contributed by atoms with Gasteiger partial charge in [0, 0.05) is 22.8 Å². The summed E-state index contributed by atoms with van der Waals surface area (Å²) in [6.45, 7) is -0.0220. The van der Waals surface area contributed by atoms with Gasteiger partial charge in [0.2, 0.25) is 0 Å². The Morgan fingerprint density at radius 1 is 1.04 bits per heavy atom. The molecule has 9 heteroatoms. The molecule has 0 radical (unpaired) electrons. The molecule has 9 nitrogen and oxygen atoms in total. The molecule has 142 valence electrons. The zero-order valence-corrected chi connectivity index (χ0v) is 15.0. The minimum Gasteiger partial charge on any atom is -0.466 e. The normalized spacial score (nSPS) is 14.3. The van der Waals surface area contributed by atoms with Gasteiger partial charge in [-0.3, -0.25) is 0 Å². The summed E-state index contributed by atoms with van der Waals surface area (Å²) in [4.78, 5) is 40.7. The molecule has 1 aromatic heterocycles. The van der Waals surface area contributed by atoms with Crippen molar-refractivity contribution in [3.05, 3.63) is 41.2 Å². The third-order valence-electron chi connectivity index (χ3n) is 4.22. The second-order valence-corrected chi connectivity index (χ2v) is 5.64. The lowest BCUT2D eigenvalue weighted by atomic mass is 10.1. The maximum atomic E-state index is 12.3. The molecule has 0 atom stereocenters. The smallest absolute Gasteiger partial charge is 0.355 e. The molecule has 3 rings (SSSR count). The zero-order chi connectivity index (χ0) is 19.6. The Balaban J connectivity index is 2.09. The molecular formula is C18H18N2O7. The lowest BCUT2D eigenvalue weighted by molar-refractivity contribution is -0.140. The van der Waals surface area contributed by atoms with Gasteiger partial charge >= 0.3 is 17.9 Å². The van der Waals surface area contributed by atoms with E-state index in [1.165, 1.54) is 26.2 Å². The number of aromatic amines is 1. The van der Waals surface area contributed by atoms with Crippen LogP contribution >= 0.6 is 0 Å². The molecule has 1 N–H and O–H groups in total. The van der Waals surface area contributed by atoms with E-state index in [9.17, 15) is 14.4 Å². The van der Waals surface area contributed by atoms with E-state index in [0.717, 1.165) is 0 Å². The Labute approximate surface area is 154 Å². The first kappa shape index (κ1) is 18.5. The van der Waals surface area contributed by atoms with Crippen LogP contribution < -0.4 is 4.90 Å². The van der Waals surface area contributed by atoms with E-state index in [4.69, 9.17) is 18.9 Å². The number of carbonyl (C=O) groups excluding carboxylic acids is 3. The number of H-pyrrole nitrogens is 1. The fourth-order valence-electron chi connectivity index (χ4n) is 2.91. The molecule has 0 fully saturated rings. The van der Waals surface area contributed by atoms with Crippen molar-refractivity contribution in [2.24, 2.45) is 0 Å². The minimum absolute atomic E-state index is 0.0427. The van der Waals surface area contributed by atoms with Crippen molar-refractivity contribution >= 4 is 34.5 Å². The number of fused-ring (bicyclic) bond motifs is 1. The lowest BCUT2D eigenvalue weighted by Gasteiger charge is -2.31. The maximum absolute atomic E-state index is 12.3. The summed E-state index contributed by atoms with van der Waals surface area (Å²) in [6.07, 6.45) is 1.55. The van der Waals surface area contributed by atoms with Gasteiger partial charge in [0.15, 0.2) is 0 Å². The van der Waals surface area contributed by atoms with Crippen molar-refractivity contribution in [3.8, 4) is 0 Å². The zero-order valence-electron chi connectivity index (χ0n) is 15.0. The molecule has 1 aliphatic rings. The molecule has 1 aliphatic heterocycles. The van der Waals surface area contributed by atoms with Gasteiger partial charge in [-0.1, -0.05) is 0 Å². The first-order valence-electron chi connectivity index (χ1n) is 7.96. The topological polar surface area (TPSA) is 107 Å². The average molecular weight is 374 g/mol. The summed E-state index contributed by atoms with van der Waals surface area (Å²) in [5, 5.41) is 0.667. The summed E-state index contributed by atoms with van der Waals surface area (Å²) in [5.74, 6) is -1.81. The second kappa shape index (κ2) is 7.50. The number of ether oxygens (including phenoxy) is 4. The van der Waals surface area contributed by atoms with Crippen molar-refractivity contribution in [2.75, 3.05) is 39.6 Å². The number of aromatic nitrogens is 1. The maximum Gasteiger partial charge on any atom is 0.355 e. The highest BCUT2D eigenvalue weighted by Crippen LogP contribution is 2.30. The van der Waals surface area contributed by atoms with Crippen LogP contribution in [0.5, 0.6) is 0 Å². The molecule has 0 saturated carbocycles. The number of anilines is 1. The molecule has 0 amide bonds. The van der Waals surface area contributed by atoms with Crippen LogP contribution in [0.2, 0.25) is 0 Å². The van der Waals surface area contributed by atoms with E-state index in [1.54, 1.807) is 24.4 Å². The highest BCUT2D eigenvalue weighted by molar-refractivity contribution is 6.06. The van der Waals surface area contributed by atoms with E-state index in [0.29, 0.717) is 22.2 Å². The fourth-order valence-corrected chi connectivity index (χ4v) is 2.91. The van der Waals surface area contributed by atoms with E-state index in [-0.39, 0.29) is 24.6 Å². The van der Waals surface area contributed by atoms with Gasteiger partial charge in [0.25, 0.3) is 0 Å². The van der Waals surface area contributed by atoms with Crippen LogP contribution in [0.4, 0.5) is 5.69 Å².